The molecule has 2 unspecified atom stereocenters. The first kappa shape index (κ1) is 52.3. The van der Waals surface area contributed by atoms with Gasteiger partial charge in [-0.05, 0) is 77.0 Å². The number of aliphatic hydroxyl groups is 2. The average molecular weight is 762 g/mol. The van der Waals surface area contributed by atoms with Gasteiger partial charge in [0.2, 0.25) is 5.91 Å². The molecule has 0 aromatic carbocycles. The SMILES string of the molecule is CCCCCCCC/C=C\CCCCCCCCCC(=O)OCCCC/C=C\CCCCCCCC(=O)NC(CO)C(O)CCCCCCCCCCC. The standard InChI is InChI=1S/C48H91NO5/c1-3-5-7-9-11-13-14-15-16-17-18-19-22-26-30-34-38-42-48(53)54-43-39-35-31-27-23-20-21-25-29-33-37-41-47(52)49-45(44-50)46(51)40-36-32-28-24-12-10-8-6-4-2/h15-16,23,27,45-46,50-51H,3-14,17-22,24-26,28-44H2,1-2H3,(H,49,52)/b16-15-,27-23-. The second-order valence-electron chi connectivity index (χ2n) is 16.1. The number of rotatable bonds is 43. The average Bonchev–Trinajstić information content (AvgIpc) is 3.17. The van der Waals surface area contributed by atoms with E-state index in [0.717, 1.165) is 83.5 Å². The summed E-state index contributed by atoms with van der Waals surface area (Å²) in [6.07, 6.45) is 50.0. The number of hydrogen-bond donors (Lipinski definition) is 3. The second-order valence-corrected chi connectivity index (χ2v) is 16.1. The van der Waals surface area contributed by atoms with Gasteiger partial charge in [-0.25, -0.2) is 0 Å². The first-order chi connectivity index (χ1) is 26.5. The number of unbranched alkanes of at least 4 members (excludes halogenated alkanes) is 28. The lowest BCUT2D eigenvalue weighted by atomic mass is 10.0. The van der Waals surface area contributed by atoms with Crippen LogP contribution >= 0.6 is 0 Å². The highest BCUT2D eigenvalue weighted by molar-refractivity contribution is 5.76. The number of amides is 1. The Morgan fingerprint density at radius 2 is 0.870 bits per heavy atom. The van der Waals surface area contributed by atoms with Crippen molar-refractivity contribution in [2.75, 3.05) is 13.2 Å². The number of nitrogens with one attached hydrogen (secondary N) is 1. The lowest BCUT2D eigenvalue weighted by Crippen LogP contribution is -2.45. The summed E-state index contributed by atoms with van der Waals surface area (Å²) in [6.45, 7) is 4.84. The monoisotopic (exact) mass is 762 g/mol. The molecule has 3 N–H and O–H groups in total. The summed E-state index contributed by atoms with van der Waals surface area (Å²) in [7, 11) is 0. The minimum Gasteiger partial charge on any atom is -0.466 e. The van der Waals surface area contributed by atoms with Crippen LogP contribution in [0.2, 0.25) is 0 Å². The third kappa shape index (κ3) is 40.0. The van der Waals surface area contributed by atoms with Crippen LogP contribution in [-0.4, -0.2) is 47.4 Å². The summed E-state index contributed by atoms with van der Waals surface area (Å²) in [4.78, 5) is 24.4. The summed E-state index contributed by atoms with van der Waals surface area (Å²) in [6, 6.07) is -0.560. The summed E-state index contributed by atoms with van der Waals surface area (Å²) < 4.78 is 5.43. The molecule has 318 valence electrons. The molecule has 6 nitrogen and oxygen atoms in total. The van der Waals surface area contributed by atoms with Crippen molar-refractivity contribution in [3.8, 4) is 0 Å². The molecule has 1 amide bonds. The number of esters is 1. The van der Waals surface area contributed by atoms with Crippen molar-refractivity contribution in [3.63, 3.8) is 0 Å². The number of hydrogen-bond acceptors (Lipinski definition) is 5. The van der Waals surface area contributed by atoms with Crippen LogP contribution in [0.1, 0.15) is 245 Å². The largest absolute Gasteiger partial charge is 0.466 e. The summed E-state index contributed by atoms with van der Waals surface area (Å²) >= 11 is 0. The fourth-order valence-corrected chi connectivity index (χ4v) is 7.04. The number of allylic oxidation sites excluding steroid dienone is 4. The molecule has 0 saturated carbocycles. The molecule has 0 saturated heterocycles. The first-order valence-electron chi connectivity index (χ1n) is 23.6. The van der Waals surface area contributed by atoms with Crippen LogP contribution in [0.15, 0.2) is 24.3 Å². The van der Waals surface area contributed by atoms with Gasteiger partial charge < -0.3 is 20.3 Å². The highest BCUT2D eigenvalue weighted by Crippen LogP contribution is 2.15. The van der Waals surface area contributed by atoms with E-state index in [-0.39, 0.29) is 18.5 Å². The van der Waals surface area contributed by atoms with Gasteiger partial charge in [0, 0.05) is 12.8 Å². The van der Waals surface area contributed by atoms with Gasteiger partial charge in [-0.2, -0.15) is 0 Å². The van der Waals surface area contributed by atoms with E-state index in [1.54, 1.807) is 0 Å². The highest BCUT2D eigenvalue weighted by Gasteiger charge is 2.20. The zero-order chi connectivity index (χ0) is 39.4. The molecule has 6 heteroatoms. The van der Waals surface area contributed by atoms with Crippen LogP contribution in [0, 0.1) is 0 Å². The van der Waals surface area contributed by atoms with E-state index in [9.17, 15) is 19.8 Å². The molecule has 0 spiro atoms. The van der Waals surface area contributed by atoms with Crippen molar-refractivity contribution in [2.45, 2.75) is 257 Å². The minimum absolute atomic E-state index is 0.0355. The Balaban J connectivity index is 3.49. The smallest absolute Gasteiger partial charge is 0.305 e. The molecule has 0 fully saturated rings. The van der Waals surface area contributed by atoms with Crippen LogP contribution in [0.5, 0.6) is 0 Å². The fraction of sp³-hybridized carbons (Fsp3) is 0.875. The van der Waals surface area contributed by atoms with Gasteiger partial charge in [-0.3, -0.25) is 9.59 Å². The van der Waals surface area contributed by atoms with Crippen LogP contribution in [0.3, 0.4) is 0 Å². The molecule has 0 rings (SSSR count). The molecule has 54 heavy (non-hydrogen) atoms. The number of aliphatic hydroxyl groups excluding tert-OH is 2. The summed E-state index contributed by atoms with van der Waals surface area (Å²) in [5.41, 5.74) is 0. The lowest BCUT2D eigenvalue weighted by Gasteiger charge is -2.22. The Morgan fingerprint density at radius 1 is 0.500 bits per heavy atom. The van der Waals surface area contributed by atoms with Crippen molar-refractivity contribution >= 4 is 11.9 Å². The van der Waals surface area contributed by atoms with Gasteiger partial charge in [0.15, 0.2) is 0 Å². The number of carbonyl (C=O) groups is 2. The Labute approximate surface area is 335 Å². The maximum atomic E-state index is 12.4. The zero-order valence-corrected chi connectivity index (χ0v) is 36.0. The summed E-state index contributed by atoms with van der Waals surface area (Å²) in [5.74, 6) is -0.103. The molecule has 0 aliphatic heterocycles. The predicted molar refractivity (Wildman–Crippen MR) is 232 cm³/mol. The quantitative estimate of drug-likeness (QED) is 0.0327. The highest BCUT2D eigenvalue weighted by atomic mass is 16.5. The molecule has 2 atom stereocenters. The van der Waals surface area contributed by atoms with Gasteiger partial charge >= 0.3 is 5.97 Å². The van der Waals surface area contributed by atoms with Crippen molar-refractivity contribution in [1.29, 1.82) is 0 Å². The van der Waals surface area contributed by atoms with Gasteiger partial charge in [-0.1, -0.05) is 179 Å². The normalized spacial score (nSPS) is 12.9. The van der Waals surface area contributed by atoms with Gasteiger partial charge in [0.05, 0.1) is 25.4 Å². The molecule has 0 aromatic heterocycles. The van der Waals surface area contributed by atoms with Crippen molar-refractivity contribution in [3.05, 3.63) is 24.3 Å². The van der Waals surface area contributed by atoms with Crippen LogP contribution in [-0.2, 0) is 14.3 Å². The number of carbonyl (C=O) groups excluding carboxylic acids is 2. The first-order valence-corrected chi connectivity index (χ1v) is 23.6. The van der Waals surface area contributed by atoms with Crippen LogP contribution in [0.25, 0.3) is 0 Å². The third-order valence-corrected chi connectivity index (χ3v) is 10.7. The Morgan fingerprint density at radius 3 is 1.31 bits per heavy atom. The maximum Gasteiger partial charge on any atom is 0.305 e. The molecule has 0 aliphatic carbocycles. The molecule has 0 heterocycles. The molecule has 0 bridgehead atoms. The van der Waals surface area contributed by atoms with E-state index < -0.39 is 12.1 Å². The van der Waals surface area contributed by atoms with E-state index in [1.807, 2.05) is 0 Å². The van der Waals surface area contributed by atoms with Crippen molar-refractivity contribution in [1.82, 2.24) is 5.32 Å². The van der Waals surface area contributed by atoms with E-state index in [4.69, 9.17) is 4.74 Å². The number of ether oxygens (including phenoxy) is 1. The van der Waals surface area contributed by atoms with E-state index in [1.165, 1.54) is 128 Å². The van der Waals surface area contributed by atoms with Gasteiger partial charge in [-0.15, -0.1) is 0 Å². The third-order valence-electron chi connectivity index (χ3n) is 10.7. The van der Waals surface area contributed by atoms with Crippen molar-refractivity contribution < 1.29 is 24.5 Å². The van der Waals surface area contributed by atoms with Crippen molar-refractivity contribution in [2.24, 2.45) is 0 Å². The molecule has 0 radical (unpaired) electrons. The minimum atomic E-state index is -0.680. The fourth-order valence-electron chi connectivity index (χ4n) is 7.04. The Bertz CT molecular complexity index is 843. The summed E-state index contributed by atoms with van der Waals surface area (Å²) in [5, 5.41) is 23.0. The second kappa shape index (κ2) is 44.1. The lowest BCUT2D eigenvalue weighted by molar-refractivity contribution is -0.143. The molecule has 0 aliphatic rings. The molecule has 0 aromatic rings. The predicted octanol–water partition coefficient (Wildman–Crippen LogP) is 13.6. The van der Waals surface area contributed by atoms with E-state index in [2.05, 4.69) is 43.5 Å². The zero-order valence-electron chi connectivity index (χ0n) is 36.0. The maximum absolute atomic E-state index is 12.4. The molecular formula is C48H91NO5. The Hall–Kier alpha value is -1.66. The molecular weight excluding hydrogens is 671 g/mol. The Kier molecular flexibility index (Phi) is 42.7. The van der Waals surface area contributed by atoms with E-state index >= 15 is 0 Å². The van der Waals surface area contributed by atoms with Crippen LogP contribution in [0.4, 0.5) is 0 Å². The van der Waals surface area contributed by atoms with Gasteiger partial charge in [0.25, 0.3) is 0 Å². The van der Waals surface area contributed by atoms with E-state index in [0.29, 0.717) is 25.9 Å². The topological polar surface area (TPSA) is 95.9 Å². The van der Waals surface area contributed by atoms with Gasteiger partial charge in [0.1, 0.15) is 0 Å². The van der Waals surface area contributed by atoms with Crippen LogP contribution < -0.4 is 5.32 Å².